The number of halogens is 7. The number of hydrogen-bond donors (Lipinski definition) is 0. The van der Waals surface area contributed by atoms with Crippen LogP contribution in [0.1, 0.15) is 0 Å². The number of rotatable bonds is 3. The molecule has 0 aliphatic heterocycles. The van der Waals surface area contributed by atoms with E-state index in [1.165, 1.54) is 4.53 Å². The molecular formula is C12H4Br6ClN3. The van der Waals surface area contributed by atoms with Crippen molar-refractivity contribution >= 4 is 119 Å². The number of hydrogen-bond acceptors (Lipinski definition) is 2. The van der Waals surface area contributed by atoms with E-state index in [4.69, 9.17) is 11.8 Å². The third-order valence-electron chi connectivity index (χ3n) is 2.37. The molecule has 0 unspecified atom stereocenters. The first-order chi connectivity index (χ1) is 10.3. The van der Waals surface area contributed by atoms with E-state index in [1.54, 1.807) is 0 Å². The van der Waals surface area contributed by atoms with Gasteiger partial charge in [0.1, 0.15) is 11.4 Å². The summed E-state index contributed by atoms with van der Waals surface area (Å²) in [7, 11) is 0. The van der Waals surface area contributed by atoms with Crippen LogP contribution in [0.3, 0.4) is 0 Å². The molecule has 0 fully saturated rings. The van der Waals surface area contributed by atoms with Gasteiger partial charge in [-0.3, -0.25) is 0 Å². The normalized spacial score (nSPS) is 11.2. The highest BCUT2D eigenvalue weighted by Crippen LogP contribution is 2.40. The number of benzene rings is 2. The molecule has 0 aliphatic carbocycles. The predicted molar refractivity (Wildman–Crippen MR) is 112 cm³/mol. The molecule has 0 bridgehead atoms. The van der Waals surface area contributed by atoms with E-state index < -0.39 is 0 Å². The molecule has 0 aliphatic rings. The lowest BCUT2D eigenvalue weighted by atomic mass is 10.3. The van der Waals surface area contributed by atoms with Gasteiger partial charge in [0.25, 0.3) is 0 Å². The second kappa shape index (κ2) is 8.40. The molecule has 0 aromatic heterocycles. The summed E-state index contributed by atoms with van der Waals surface area (Å²) in [6.45, 7) is 0. The Hall–Kier alpha value is 1.01. The highest BCUT2D eigenvalue weighted by Gasteiger charge is 2.14. The smallest absolute Gasteiger partial charge is 0.116 e. The average Bonchev–Trinajstić information content (AvgIpc) is 2.35. The quantitative estimate of drug-likeness (QED) is 0.178. The van der Waals surface area contributed by atoms with Gasteiger partial charge >= 0.3 is 0 Å². The zero-order valence-corrected chi connectivity index (χ0v) is 20.6. The van der Waals surface area contributed by atoms with Gasteiger partial charge < -0.3 is 0 Å². The molecule has 3 nitrogen and oxygen atoms in total. The fourth-order valence-electron chi connectivity index (χ4n) is 1.47. The van der Waals surface area contributed by atoms with Crippen molar-refractivity contribution in [2.24, 2.45) is 10.3 Å². The van der Waals surface area contributed by atoms with Crippen molar-refractivity contribution in [3.8, 4) is 0 Å². The molecule has 10 heteroatoms. The average molecular weight is 705 g/mol. The van der Waals surface area contributed by atoms with E-state index in [1.807, 2.05) is 24.3 Å². The van der Waals surface area contributed by atoms with Crippen molar-refractivity contribution in [1.29, 1.82) is 0 Å². The molecule has 0 heterocycles. The first-order valence-electron chi connectivity index (χ1n) is 5.46. The Bertz CT molecular complexity index is 706. The van der Waals surface area contributed by atoms with Crippen molar-refractivity contribution in [2.45, 2.75) is 0 Å². The van der Waals surface area contributed by atoms with Gasteiger partial charge in [-0.1, -0.05) is 31.9 Å². The zero-order valence-electron chi connectivity index (χ0n) is 10.3. The molecule has 116 valence electrons. The standard InChI is InChI=1S/C12H4Br6ClN3/c13-5-1-7(15)11(8(16)2-5)20-21-22(19)12-9(17)3-6(14)4-10(12)18/h1-4H. The van der Waals surface area contributed by atoms with Crippen LogP contribution in [0, 0.1) is 0 Å². The Morgan fingerprint density at radius 3 is 1.59 bits per heavy atom. The molecule has 2 aromatic carbocycles. The Labute approximate surface area is 182 Å². The van der Waals surface area contributed by atoms with Gasteiger partial charge in [0, 0.05) is 38.6 Å². The Kier molecular flexibility index (Phi) is 7.38. The van der Waals surface area contributed by atoms with Crippen LogP contribution in [0.2, 0.25) is 0 Å². The summed E-state index contributed by atoms with van der Waals surface area (Å²) in [6, 6.07) is 7.50. The van der Waals surface area contributed by atoms with Crippen LogP contribution in [0.15, 0.2) is 61.4 Å². The minimum atomic E-state index is 0.637. The first-order valence-corrected chi connectivity index (χ1v) is 10.6. The Morgan fingerprint density at radius 2 is 1.14 bits per heavy atom. The van der Waals surface area contributed by atoms with Crippen molar-refractivity contribution in [2.75, 3.05) is 4.53 Å². The van der Waals surface area contributed by atoms with Crippen LogP contribution in [0.4, 0.5) is 11.4 Å². The third kappa shape index (κ3) is 4.77. The lowest BCUT2D eigenvalue weighted by Crippen LogP contribution is -2.01. The molecule has 0 N–H and O–H groups in total. The summed E-state index contributed by atoms with van der Waals surface area (Å²) >= 11 is 26.8. The summed E-state index contributed by atoms with van der Waals surface area (Å²) in [6.07, 6.45) is 0. The Balaban J connectivity index is 2.35. The van der Waals surface area contributed by atoms with Gasteiger partial charge in [-0.05, 0) is 93.2 Å². The minimum absolute atomic E-state index is 0.637. The summed E-state index contributed by atoms with van der Waals surface area (Å²) in [5.74, 6) is 0. The maximum atomic E-state index is 6.21. The second-order valence-electron chi connectivity index (χ2n) is 3.89. The Morgan fingerprint density at radius 1 is 0.727 bits per heavy atom. The van der Waals surface area contributed by atoms with Crippen LogP contribution in [-0.4, -0.2) is 0 Å². The fraction of sp³-hybridized carbons (Fsp3) is 0. The lowest BCUT2D eigenvalue weighted by Gasteiger charge is -2.13. The van der Waals surface area contributed by atoms with Gasteiger partial charge in [0.05, 0.1) is 0 Å². The highest BCUT2D eigenvalue weighted by atomic mass is 79.9. The van der Waals surface area contributed by atoms with E-state index in [0.29, 0.717) is 11.4 Å². The highest BCUT2D eigenvalue weighted by molar-refractivity contribution is 9.12. The molecule has 0 saturated carbocycles. The summed E-state index contributed by atoms with van der Waals surface area (Å²) in [5.41, 5.74) is 1.29. The molecule has 2 rings (SSSR count). The van der Waals surface area contributed by atoms with Gasteiger partial charge in [0.2, 0.25) is 0 Å². The van der Waals surface area contributed by atoms with Crippen molar-refractivity contribution in [1.82, 2.24) is 0 Å². The van der Waals surface area contributed by atoms with Crippen LogP contribution >= 0.6 is 107 Å². The van der Waals surface area contributed by atoms with Crippen LogP contribution < -0.4 is 4.53 Å². The topological polar surface area (TPSA) is 28.0 Å². The van der Waals surface area contributed by atoms with Gasteiger partial charge in [-0.25, -0.2) is 0 Å². The largest absolute Gasteiger partial charge is 0.152 e. The number of anilines is 1. The fourth-order valence-corrected chi connectivity index (χ4v) is 6.90. The van der Waals surface area contributed by atoms with Gasteiger partial charge in [0.15, 0.2) is 0 Å². The SMILES string of the molecule is ClN(N=Nc1c(Br)cc(Br)cc1Br)c1c(Br)cc(Br)cc1Br. The molecule has 0 spiro atoms. The molecule has 22 heavy (non-hydrogen) atoms. The molecular weight excluding hydrogens is 701 g/mol. The van der Waals surface area contributed by atoms with Crippen LogP contribution in [0.25, 0.3) is 0 Å². The van der Waals surface area contributed by atoms with Crippen molar-refractivity contribution < 1.29 is 0 Å². The van der Waals surface area contributed by atoms with E-state index >= 15 is 0 Å². The predicted octanol–water partition coefficient (Wildman–Crippen LogP) is 8.92. The lowest BCUT2D eigenvalue weighted by molar-refractivity contribution is 1.03. The van der Waals surface area contributed by atoms with Crippen molar-refractivity contribution in [3.05, 3.63) is 51.1 Å². The summed E-state index contributed by atoms with van der Waals surface area (Å²) < 4.78 is 6.13. The van der Waals surface area contributed by atoms with E-state index in [0.717, 1.165) is 26.8 Å². The maximum absolute atomic E-state index is 6.21. The molecule has 0 radical (unpaired) electrons. The van der Waals surface area contributed by atoms with E-state index in [9.17, 15) is 0 Å². The first kappa shape index (κ1) is 19.3. The second-order valence-corrected chi connectivity index (χ2v) is 9.45. The van der Waals surface area contributed by atoms with Crippen LogP contribution in [0.5, 0.6) is 0 Å². The van der Waals surface area contributed by atoms with Gasteiger partial charge in [-0.15, -0.1) is 5.11 Å². The zero-order chi connectivity index (χ0) is 16.4. The van der Waals surface area contributed by atoms with Crippen LogP contribution in [-0.2, 0) is 0 Å². The molecule has 0 atom stereocenters. The van der Waals surface area contributed by atoms with E-state index in [-0.39, 0.29) is 0 Å². The van der Waals surface area contributed by atoms with Gasteiger partial charge in [-0.2, -0.15) is 4.53 Å². The molecule has 2 aromatic rings. The maximum Gasteiger partial charge on any atom is 0.116 e. The number of nitrogens with zero attached hydrogens (tertiary/aromatic N) is 3. The summed E-state index contributed by atoms with van der Waals surface area (Å²) in [4.78, 5) is 0. The third-order valence-corrected chi connectivity index (χ3v) is 5.94. The molecule has 0 amide bonds. The monoisotopic (exact) mass is 699 g/mol. The van der Waals surface area contributed by atoms with Crippen molar-refractivity contribution in [3.63, 3.8) is 0 Å². The minimum Gasteiger partial charge on any atom is -0.152 e. The molecule has 0 saturated heterocycles. The van der Waals surface area contributed by atoms with E-state index in [2.05, 4.69) is 106 Å². The summed E-state index contributed by atoms with van der Waals surface area (Å²) in [5, 5.41) is 8.22.